The van der Waals surface area contributed by atoms with Gasteiger partial charge in [0.05, 0.1) is 11.6 Å². The van der Waals surface area contributed by atoms with Gasteiger partial charge in [0.1, 0.15) is 5.82 Å². The van der Waals surface area contributed by atoms with Gasteiger partial charge in [-0.05, 0) is 84.9 Å². The zero-order valence-corrected chi connectivity index (χ0v) is 14.3. The number of hydrogen-bond donors (Lipinski definition) is 0. The molecule has 2 heteroatoms. The van der Waals surface area contributed by atoms with Crippen LogP contribution in [0, 0.1) is 34.9 Å². The van der Waals surface area contributed by atoms with Gasteiger partial charge in [-0.3, -0.25) is 0 Å². The first-order valence-electron chi connectivity index (χ1n) is 9.27. The monoisotopic (exact) mass is 321 g/mol. The third kappa shape index (κ3) is 2.81. The van der Waals surface area contributed by atoms with Crippen LogP contribution in [0.5, 0.6) is 0 Å². The van der Waals surface area contributed by atoms with E-state index in [4.69, 9.17) is 5.26 Å². The first-order chi connectivity index (χ1) is 11.6. The predicted molar refractivity (Wildman–Crippen MR) is 95.2 cm³/mol. The highest BCUT2D eigenvalue weighted by Crippen LogP contribution is 2.47. The molecular weight excluding hydrogens is 297 g/mol. The summed E-state index contributed by atoms with van der Waals surface area (Å²) in [5.41, 5.74) is 1.67. The van der Waals surface area contributed by atoms with Crippen LogP contribution in [0.2, 0.25) is 0 Å². The second-order valence-electron chi connectivity index (χ2n) is 8.00. The van der Waals surface area contributed by atoms with Crippen molar-refractivity contribution >= 4 is 10.8 Å². The lowest BCUT2D eigenvalue weighted by molar-refractivity contribution is 0.124. The van der Waals surface area contributed by atoms with Crippen LogP contribution in [0.25, 0.3) is 10.8 Å². The highest BCUT2D eigenvalue weighted by molar-refractivity contribution is 5.85. The molecule has 4 atom stereocenters. The van der Waals surface area contributed by atoms with Gasteiger partial charge < -0.3 is 0 Å². The molecule has 0 spiro atoms. The third-order valence-electron chi connectivity index (χ3n) is 6.40. The van der Waals surface area contributed by atoms with Gasteiger partial charge in [0.15, 0.2) is 0 Å². The van der Waals surface area contributed by atoms with E-state index in [-0.39, 0.29) is 5.82 Å². The number of fused-ring (bicyclic) bond motifs is 2. The molecule has 2 aliphatic rings. The van der Waals surface area contributed by atoms with Gasteiger partial charge in [0, 0.05) is 5.39 Å². The second-order valence-corrected chi connectivity index (χ2v) is 8.00. The van der Waals surface area contributed by atoms with Gasteiger partial charge in [0.2, 0.25) is 0 Å². The molecule has 124 valence electrons. The maximum Gasteiger partial charge on any atom is 0.131 e. The Kier molecular flexibility index (Phi) is 4.04. The Morgan fingerprint density at radius 3 is 2.62 bits per heavy atom. The molecule has 0 heterocycles. The van der Waals surface area contributed by atoms with Crippen LogP contribution in [0.3, 0.4) is 0 Å². The van der Waals surface area contributed by atoms with Gasteiger partial charge in [-0.2, -0.15) is 5.26 Å². The van der Waals surface area contributed by atoms with Crippen molar-refractivity contribution in [3.63, 3.8) is 0 Å². The van der Waals surface area contributed by atoms with Gasteiger partial charge >= 0.3 is 0 Å². The summed E-state index contributed by atoms with van der Waals surface area (Å²) in [7, 11) is 0. The van der Waals surface area contributed by atoms with Crippen molar-refractivity contribution in [2.45, 2.75) is 51.4 Å². The fourth-order valence-corrected chi connectivity index (χ4v) is 5.07. The van der Waals surface area contributed by atoms with Gasteiger partial charge in [-0.15, -0.1) is 0 Å². The highest BCUT2D eigenvalue weighted by Gasteiger charge is 2.34. The predicted octanol–water partition coefficient (Wildman–Crippen LogP) is 6.17. The summed E-state index contributed by atoms with van der Waals surface area (Å²) < 4.78 is 14.6. The largest absolute Gasteiger partial charge is 0.206 e. The fraction of sp³-hybridized carbons (Fsp3) is 0.500. The van der Waals surface area contributed by atoms with E-state index in [1.165, 1.54) is 38.5 Å². The average Bonchev–Trinajstić information content (AvgIpc) is 2.61. The lowest BCUT2D eigenvalue weighted by atomic mass is 9.64. The topological polar surface area (TPSA) is 23.8 Å². The Hall–Kier alpha value is -1.88. The van der Waals surface area contributed by atoms with Crippen LogP contribution in [-0.2, 0) is 0 Å². The molecule has 0 bridgehead atoms. The Morgan fingerprint density at radius 1 is 1.00 bits per heavy atom. The van der Waals surface area contributed by atoms with Crippen molar-refractivity contribution < 1.29 is 4.39 Å². The summed E-state index contributed by atoms with van der Waals surface area (Å²) in [6, 6.07) is 11.3. The molecule has 24 heavy (non-hydrogen) atoms. The maximum atomic E-state index is 14.6. The van der Waals surface area contributed by atoms with E-state index in [0.29, 0.717) is 16.9 Å². The van der Waals surface area contributed by atoms with E-state index in [1.807, 2.05) is 6.07 Å². The van der Waals surface area contributed by atoms with E-state index in [0.717, 1.165) is 28.7 Å². The lowest BCUT2D eigenvalue weighted by Gasteiger charge is -2.41. The standard InChI is InChI=1S/C22H24FN/c1-14-2-4-17-10-18(7-6-16(17)8-14)20-11-19-5-3-15(13-24)9-21(19)22(23)12-20/h3,5,9,11-12,14,16-18H,2,4,6-8,10H2,1H3. The molecule has 0 aromatic heterocycles. The molecule has 2 fully saturated rings. The minimum absolute atomic E-state index is 0.181. The second kappa shape index (κ2) is 6.20. The van der Waals surface area contributed by atoms with Crippen LogP contribution in [-0.4, -0.2) is 0 Å². The molecule has 4 rings (SSSR count). The third-order valence-corrected chi connectivity index (χ3v) is 6.40. The summed E-state index contributed by atoms with van der Waals surface area (Å²) in [5, 5.41) is 10.5. The Balaban J connectivity index is 1.62. The van der Waals surface area contributed by atoms with Crippen molar-refractivity contribution in [3.8, 4) is 6.07 Å². The van der Waals surface area contributed by atoms with E-state index in [1.54, 1.807) is 18.2 Å². The van der Waals surface area contributed by atoms with Gasteiger partial charge in [-0.1, -0.05) is 25.5 Å². The van der Waals surface area contributed by atoms with Crippen LogP contribution in [0.1, 0.15) is 62.5 Å². The van der Waals surface area contributed by atoms with Crippen LogP contribution in [0.15, 0.2) is 30.3 Å². The highest BCUT2D eigenvalue weighted by atomic mass is 19.1. The Bertz CT molecular complexity index is 803. The zero-order chi connectivity index (χ0) is 16.7. The average molecular weight is 321 g/mol. The van der Waals surface area contributed by atoms with E-state index < -0.39 is 0 Å². The minimum atomic E-state index is -0.181. The summed E-state index contributed by atoms with van der Waals surface area (Å²) in [6.45, 7) is 2.39. The van der Waals surface area contributed by atoms with Crippen molar-refractivity contribution in [2.75, 3.05) is 0 Å². The molecule has 2 aromatic rings. The summed E-state index contributed by atoms with van der Waals surface area (Å²) >= 11 is 0. The smallest absolute Gasteiger partial charge is 0.131 e. The number of nitriles is 1. The number of benzene rings is 2. The number of nitrogens with zero attached hydrogens (tertiary/aromatic N) is 1. The number of rotatable bonds is 1. The first-order valence-corrected chi connectivity index (χ1v) is 9.27. The first kappa shape index (κ1) is 15.6. The molecule has 0 N–H and O–H groups in total. The normalized spacial score (nSPS) is 29.9. The van der Waals surface area contributed by atoms with Crippen molar-refractivity contribution in [3.05, 3.63) is 47.3 Å². The molecule has 0 radical (unpaired) electrons. The molecule has 1 nitrogen and oxygen atoms in total. The molecular formula is C22H24FN. The zero-order valence-electron chi connectivity index (χ0n) is 14.3. The van der Waals surface area contributed by atoms with Crippen molar-refractivity contribution in [1.29, 1.82) is 5.26 Å². The SMILES string of the molecule is CC1CCC2CC(c3cc(F)c4cc(C#N)ccc4c3)CCC2C1. The molecule has 2 aliphatic carbocycles. The van der Waals surface area contributed by atoms with E-state index in [9.17, 15) is 4.39 Å². The molecule has 0 amide bonds. The van der Waals surface area contributed by atoms with Crippen LogP contribution >= 0.6 is 0 Å². The Labute approximate surface area is 143 Å². The van der Waals surface area contributed by atoms with Crippen molar-refractivity contribution in [1.82, 2.24) is 0 Å². The molecule has 2 saturated carbocycles. The minimum Gasteiger partial charge on any atom is -0.206 e. The van der Waals surface area contributed by atoms with Crippen LogP contribution < -0.4 is 0 Å². The lowest BCUT2D eigenvalue weighted by Crippen LogP contribution is -2.29. The van der Waals surface area contributed by atoms with E-state index >= 15 is 0 Å². The molecule has 2 aromatic carbocycles. The molecule has 0 saturated heterocycles. The molecule has 0 aliphatic heterocycles. The fourth-order valence-electron chi connectivity index (χ4n) is 5.07. The number of hydrogen-bond acceptors (Lipinski definition) is 1. The quantitative estimate of drug-likeness (QED) is 0.616. The molecule has 4 unspecified atom stereocenters. The summed E-state index contributed by atoms with van der Waals surface area (Å²) in [6.07, 6.45) is 7.81. The van der Waals surface area contributed by atoms with Crippen molar-refractivity contribution in [2.24, 2.45) is 17.8 Å². The van der Waals surface area contributed by atoms with Gasteiger partial charge in [-0.25, -0.2) is 4.39 Å². The van der Waals surface area contributed by atoms with Crippen LogP contribution in [0.4, 0.5) is 4.39 Å². The maximum absolute atomic E-state index is 14.6. The Morgan fingerprint density at radius 2 is 1.79 bits per heavy atom. The summed E-state index contributed by atoms with van der Waals surface area (Å²) in [4.78, 5) is 0. The summed E-state index contributed by atoms with van der Waals surface area (Å²) in [5.74, 6) is 2.93. The van der Waals surface area contributed by atoms with E-state index in [2.05, 4.69) is 19.1 Å². The van der Waals surface area contributed by atoms with Gasteiger partial charge in [0.25, 0.3) is 0 Å². The number of halogens is 1.